The van der Waals surface area contributed by atoms with Crippen LogP contribution in [0.5, 0.6) is 0 Å². The summed E-state index contributed by atoms with van der Waals surface area (Å²) in [5.41, 5.74) is 2.31. The molecule has 0 aliphatic carbocycles. The van der Waals surface area contributed by atoms with Gasteiger partial charge in [0.2, 0.25) is 0 Å². The monoisotopic (exact) mass is 424 g/mol. The second-order valence-electron chi connectivity index (χ2n) is 6.63. The minimum absolute atomic E-state index is 0.151. The molecule has 11 heteroatoms. The number of nitrogens with zero attached hydrogens (tertiary/aromatic N) is 5. The number of aromatic nitrogens is 4. The summed E-state index contributed by atoms with van der Waals surface area (Å²) < 4.78 is 29.8. The zero-order valence-electron chi connectivity index (χ0n) is 16.0. The smallest absolute Gasteiger partial charge is 0.270 e. The average Bonchev–Trinajstić information content (AvgIpc) is 3.08. The number of anilines is 1. The number of nitro benzene ring substituents is 1. The van der Waals surface area contributed by atoms with Crippen molar-refractivity contribution < 1.29 is 13.3 Å². The normalized spacial score (nSPS) is 11.5. The van der Waals surface area contributed by atoms with Crippen LogP contribution in [0.25, 0.3) is 16.9 Å². The largest absolute Gasteiger partial charge is 0.280 e. The van der Waals surface area contributed by atoms with Crippen LogP contribution in [0, 0.1) is 24.0 Å². The van der Waals surface area contributed by atoms with Crippen LogP contribution in [-0.4, -0.2) is 33.2 Å². The molecule has 0 radical (unpaired) electrons. The summed E-state index contributed by atoms with van der Waals surface area (Å²) >= 11 is 0. The number of hydrogen-bond acceptors (Lipinski definition) is 7. The number of fused-ring (bicyclic) bond motifs is 1. The first kappa shape index (κ1) is 19.5. The fourth-order valence-corrected chi connectivity index (χ4v) is 4.31. The van der Waals surface area contributed by atoms with Gasteiger partial charge in [-0.3, -0.25) is 14.8 Å². The van der Waals surface area contributed by atoms with Gasteiger partial charge in [-0.2, -0.15) is 9.61 Å². The van der Waals surface area contributed by atoms with E-state index in [-0.39, 0.29) is 10.6 Å². The van der Waals surface area contributed by atoms with Gasteiger partial charge in [0.25, 0.3) is 15.7 Å². The van der Waals surface area contributed by atoms with Gasteiger partial charge in [0.1, 0.15) is 0 Å². The molecule has 30 heavy (non-hydrogen) atoms. The van der Waals surface area contributed by atoms with E-state index in [1.165, 1.54) is 12.1 Å². The van der Waals surface area contributed by atoms with E-state index >= 15 is 0 Å². The van der Waals surface area contributed by atoms with Gasteiger partial charge in [0.05, 0.1) is 15.5 Å². The van der Waals surface area contributed by atoms with Crippen LogP contribution in [0.4, 0.5) is 11.4 Å². The van der Waals surface area contributed by atoms with E-state index in [0.717, 1.165) is 6.07 Å². The first-order chi connectivity index (χ1) is 14.2. The van der Waals surface area contributed by atoms with Gasteiger partial charge >= 0.3 is 0 Å². The van der Waals surface area contributed by atoms with E-state index in [2.05, 4.69) is 20.0 Å². The van der Waals surface area contributed by atoms with E-state index in [1.807, 2.05) is 0 Å². The van der Waals surface area contributed by atoms with Crippen molar-refractivity contribution in [2.24, 2.45) is 0 Å². The first-order valence-corrected chi connectivity index (χ1v) is 10.3. The molecule has 0 saturated carbocycles. The van der Waals surface area contributed by atoms with Crippen molar-refractivity contribution >= 4 is 27.0 Å². The molecule has 4 aromatic rings. The van der Waals surface area contributed by atoms with Gasteiger partial charge in [0.15, 0.2) is 11.5 Å². The second-order valence-corrected chi connectivity index (χ2v) is 8.28. The minimum Gasteiger partial charge on any atom is -0.280 e. The van der Waals surface area contributed by atoms with Crippen LogP contribution < -0.4 is 4.72 Å². The number of nitro groups is 1. The molecule has 0 bridgehead atoms. The summed E-state index contributed by atoms with van der Waals surface area (Å²) in [5, 5.41) is 23.5. The lowest BCUT2D eigenvalue weighted by Crippen LogP contribution is -2.14. The number of nitrogens with one attached hydrogen (secondary N) is 1. The van der Waals surface area contributed by atoms with E-state index in [4.69, 9.17) is 0 Å². The molecule has 0 amide bonds. The summed E-state index contributed by atoms with van der Waals surface area (Å²) in [4.78, 5) is 10.2. The average molecular weight is 424 g/mol. The molecule has 2 heterocycles. The first-order valence-electron chi connectivity index (χ1n) is 8.82. The van der Waals surface area contributed by atoms with Gasteiger partial charge < -0.3 is 0 Å². The quantitative estimate of drug-likeness (QED) is 0.384. The van der Waals surface area contributed by atoms with Crippen LogP contribution >= 0.6 is 0 Å². The van der Waals surface area contributed by atoms with Gasteiger partial charge in [-0.15, -0.1) is 10.2 Å². The van der Waals surface area contributed by atoms with Crippen LogP contribution in [0.3, 0.4) is 0 Å². The van der Waals surface area contributed by atoms with Crippen molar-refractivity contribution in [2.45, 2.75) is 18.7 Å². The maximum atomic E-state index is 12.9. The summed E-state index contributed by atoms with van der Waals surface area (Å²) in [6.07, 6.45) is 0. The van der Waals surface area contributed by atoms with Crippen molar-refractivity contribution in [2.75, 3.05) is 4.72 Å². The molecule has 2 aromatic carbocycles. The Balaban J connectivity index is 1.69. The highest BCUT2D eigenvalue weighted by Crippen LogP contribution is 2.26. The number of non-ortho nitro benzene ring substituents is 1. The molecular weight excluding hydrogens is 408 g/mol. The molecule has 10 nitrogen and oxygen atoms in total. The highest BCUT2D eigenvalue weighted by Gasteiger charge is 2.21. The Morgan fingerprint density at radius 1 is 1.03 bits per heavy atom. The van der Waals surface area contributed by atoms with Crippen LogP contribution in [0.2, 0.25) is 0 Å². The Bertz CT molecular complexity index is 1400. The number of benzene rings is 2. The van der Waals surface area contributed by atoms with Crippen molar-refractivity contribution in [3.63, 3.8) is 0 Å². The Morgan fingerprint density at radius 3 is 2.60 bits per heavy atom. The maximum absolute atomic E-state index is 12.9. The summed E-state index contributed by atoms with van der Waals surface area (Å²) in [6, 6.07) is 14.0. The Labute approximate surface area is 171 Å². The maximum Gasteiger partial charge on any atom is 0.270 e. The fraction of sp³-hybridized carbons (Fsp3) is 0.105. The summed E-state index contributed by atoms with van der Waals surface area (Å²) in [6.45, 7) is 3.36. The van der Waals surface area contributed by atoms with Gasteiger partial charge in [-0.25, -0.2) is 8.42 Å². The predicted octanol–water partition coefficient (Wildman–Crippen LogP) is 3.12. The van der Waals surface area contributed by atoms with Crippen molar-refractivity contribution in [1.82, 2.24) is 19.8 Å². The number of sulfonamides is 1. The third kappa shape index (κ3) is 3.57. The summed E-state index contributed by atoms with van der Waals surface area (Å²) in [7, 11) is -4.03. The Kier molecular flexibility index (Phi) is 4.66. The molecule has 0 spiro atoms. The standard InChI is InChI=1S/C19H16N6O4S/c1-12-6-7-16(25(26)27)11-18(12)30(28,29)23-15-5-3-4-14(10-15)17-8-9-19-21-20-13(2)24(19)22-17/h3-11,23H,1-2H3. The molecule has 152 valence electrons. The van der Waals surface area contributed by atoms with Crippen LogP contribution in [0.1, 0.15) is 11.4 Å². The molecule has 0 aliphatic rings. The number of aryl methyl sites for hydroxylation is 2. The molecule has 1 N–H and O–H groups in total. The highest BCUT2D eigenvalue weighted by atomic mass is 32.2. The molecule has 2 aromatic heterocycles. The zero-order valence-corrected chi connectivity index (χ0v) is 16.8. The molecular formula is C19H16N6O4S. The molecule has 0 saturated heterocycles. The lowest BCUT2D eigenvalue weighted by atomic mass is 10.1. The molecule has 0 aliphatic heterocycles. The van der Waals surface area contributed by atoms with E-state index < -0.39 is 14.9 Å². The van der Waals surface area contributed by atoms with Crippen molar-refractivity contribution in [3.8, 4) is 11.3 Å². The van der Waals surface area contributed by atoms with E-state index in [9.17, 15) is 18.5 Å². The zero-order chi connectivity index (χ0) is 21.5. The lowest BCUT2D eigenvalue weighted by Gasteiger charge is -2.11. The lowest BCUT2D eigenvalue weighted by molar-refractivity contribution is -0.385. The second kappa shape index (κ2) is 7.19. The number of rotatable bonds is 5. The minimum atomic E-state index is -4.03. The topological polar surface area (TPSA) is 132 Å². The molecule has 0 fully saturated rings. The highest BCUT2D eigenvalue weighted by molar-refractivity contribution is 7.92. The third-order valence-corrected chi connectivity index (χ3v) is 6.02. The van der Waals surface area contributed by atoms with Crippen molar-refractivity contribution in [1.29, 1.82) is 0 Å². The Hall–Kier alpha value is -3.86. The van der Waals surface area contributed by atoms with Crippen LogP contribution in [0.15, 0.2) is 59.5 Å². The predicted molar refractivity (Wildman–Crippen MR) is 110 cm³/mol. The van der Waals surface area contributed by atoms with Gasteiger partial charge in [-0.1, -0.05) is 18.2 Å². The van der Waals surface area contributed by atoms with Gasteiger partial charge in [0, 0.05) is 23.4 Å². The van der Waals surface area contributed by atoms with E-state index in [0.29, 0.717) is 34.0 Å². The van der Waals surface area contributed by atoms with Crippen LogP contribution in [-0.2, 0) is 10.0 Å². The Morgan fingerprint density at radius 2 is 1.83 bits per heavy atom. The fourth-order valence-electron chi connectivity index (χ4n) is 2.99. The molecule has 4 rings (SSSR count). The third-order valence-electron chi connectivity index (χ3n) is 4.50. The SMILES string of the molecule is Cc1ccc([N+](=O)[O-])cc1S(=O)(=O)Nc1cccc(-c2ccc3nnc(C)n3n2)c1. The van der Waals surface area contributed by atoms with Crippen molar-refractivity contribution in [3.05, 3.63) is 76.1 Å². The number of hydrogen-bond donors (Lipinski definition) is 1. The molecule has 0 atom stereocenters. The molecule has 0 unspecified atom stereocenters. The van der Waals surface area contributed by atoms with Gasteiger partial charge in [-0.05, 0) is 43.7 Å². The van der Waals surface area contributed by atoms with E-state index in [1.54, 1.807) is 54.8 Å². The summed E-state index contributed by atoms with van der Waals surface area (Å²) in [5.74, 6) is 0.629.